The highest BCUT2D eigenvalue weighted by molar-refractivity contribution is 6.69. The monoisotopic (exact) mass is 429 g/mol. The van der Waals surface area contributed by atoms with E-state index in [0.717, 1.165) is 64.1 Å². The topological polar surface area (TPSA) is 51.5 Å². The lowest BCUT2D eigenvalue weighted by Crippen LogP contribution is -2.57. The SMILES string of the molecule is C[C@]12CCC3(CC1=CC[C@H]1[C@H]2CC[C@@]2(C)[C@@H]1CC[C@]2(C#N)O[Si](C)(C)C)OCCO3. The van der Waals surface area contributed by atoms with Crippen molar-refractivity contribution in [3.63, 3.8) is 0 Å². The van der Waals surface area contributed by atoms with Gasteiger partial charge in [0.15, 0.2) is 14.1 Å². The Morgan fingerprint density at radius 2 is 1.73 bits per heavy atom. The zero-order valence-corrected chi connectivity index (χ0v) is 20.6. The van der Waals surface area contributed by atoms with Crippen LogP contribution in [-0.2, 0) is 13.9 Å². The van der Waals surface area contributed by atoms with Crippen molar-refractivity contribution in [3.05, 3.63) is 11.6 Å². The van der Waals surface area contributed by atoms with Crippen molar-refractivity contribution in [2.75, 3.05) is 13.2 Å². The first-order chi connectivity index (χ1) is 14.1. The Kier molecular flexibility index (Phi) is 4.71. The molecule has 0 aromatic rings. The van der Waals surface area contributed by atoms with Gasteiger partial charge in [-0.25, -0.2) is 0 Å². The van der Waals surface area contributed by atoms with Gasteiger partial charge in [0, 0.05) is 18.3 Å². The van der Waals surface area contributed by atoms with Crippen LogP contribution in [0.3, 0.4) is 0 Å². The normalized spacial score (nSPS) is 47.2. The van der Waals surface area contributed by atoms with Crippen LogP contribution in [0.5, 0.6) is 0 Å². The fourth-order valence-corrected chi connectivity index (χ4v) is 9.67. The maximum Gasteiger partial charge on any atom is 0.185 e. The summed E-state index contributed by atoms with van der Waals surface area (Å²) in [5.41, 5.74) is 1.25. The van der Waals surface area contributed by atoms with Gasteiger partial charge < -0.3 is 13.9 Å². The quantitative estimate of drug-likeness (QED) is 0.411. The average molecular weight is 430 g/mol. The second-order valence-corrected chi connectivity index (χ2v) is 16.6. The van der Waals surface area contributed by atoms with E-state index in [0.29, 0.717) is 11.8 Å². The molecule has 1 heterocycles. The van der Waals surface area contributed by atoms with Crippen LogP contribution in [0.15, 0.2) is 11.6 Å². The first-order valence-corrected chi connectivity index (χ1v) is 15.6. The molecule has 5 heteroatoms. The Balaban J connectivity index is 1.45. The number of rotatable bonds is 2. The molecule has 5 rings (SSSR count). The minimum absolute atomic E-state index is 0.0154. The summed E-state index contributed by atoms with van der Waals surface area (Å²) in [6.45, 7) is 13.1. The maximum absolute atomic E-state index is 10.3. The zero-order valence-electron chi connectivity index (χ0n) is 19.6. The van der Waals surface area contributed by atoms with Crippen molar-refractivity contribution in [3.8, 4) is 6.07 Å². The Labute approximate surface area is 183 Å². The first-order valence-electron chi connectivity index (χ1n) is 12.2. The van der Waals surface area contributed by atoms with E-state index in [-0.39, 0.29) is 16.6 Å². The molecule has 0 amide bonds. The van der Waals surface area contributed by atoms with Crippen molar-refractivity contribution in [1.82, 2.24) is 0 Å². The van der Waals surface area contributed by atoms with E-state index in [4.69, 9.17) is 13.9 Å². The van der Waals surface area contributed by atoms with Gasteiger partial charge in [-0.3, -0.25) is 0 Å². The summed E-state index contributed by atoms with van der Waals surface area (Å²) in [6, 6.07) is 2.73. The van der Waals surface area contributed by atoms with Gasteiger partial charge in [-0.2, -0.15) is 5.26 Å². The van der Waals surface area contributed by atoms with E-state index < -0.39 is 13.9 Å². The fourth-order valence-electron chi connectivity index (χ4n) is 8.24. The molecule has 0 radical (unpaired) electrons. The Morgan fingerprint density at radius 1 is 1.03 bits per heavy atom. The van der Waals surface area contributed by atoms with Gasteiger partial charge in [0.2, 0.25) is 0 Å². The molecule has 5 aliphatic rings. The number of hydrogen-bond acceptors (Lipinski definition) is 4. The lowest BCUT2D eigenvalue weighted by atomic mass is 9.47. The molecule has 166 valence electrons. The fraction of sp³-hybridized carbons (Fsp3) is 0.880. The second-order valence-electron chi connectivity index (χ2n) is 12.2. The highest BCUT2D eigenvalue weighted by Gasteiger charge is 2.66. The summed E-state index contributed by atoms with van der Waals surface area (Å²) in [5.74, 6) is 1.65. The van der Waals surface area contributed by atoms with Crippen LogP contribution < -0.4 is 0 Å². The summed E-state index contributed by atoms with van der Waals surface area (Å²) in [5, 5.41) is 10.3. The van der Waals surface area contributed by atoms with Gasteiger partial charge >= 0.3 is 0 Å². The summed E-state index contributed by atoms with van der Waals surface area (Å²) < 4.78 is 18.9. The van der Waals surface area contributed by atoms with Crippen molar-refractivity contribution >= 4 is 8.32 Å². The molecule has 0 bridgehead atoms. The first kappa shape index (κ1) is 21.2. The van der Waals surface area contributed by atoms with Gasteiger partial charge in [-0.15, -0.1) is 0 Å². The lowest BCUT2D eigenvalue weighted by molar-refractivity contribution is -0.186. The molecule has 1 saturated heterocycles. The third-order valence-corrected chi connectivity index (χ3v) is 10.7. The van der Waals surface area contributed by atoms with Gasteiger partial charge in [0.25, 0.3) is 0 Å². The lowest BCUT2D eigenvalue weighted by Gasteiger charge is -2.59. The van der Waals surface area contributed by atoms with E-state index in [2.05, 4.69) is 45.6 Å². The largest absolute Gasteiger partial charge is 0.399 e. The maximum atomic E-state index is 10.3. The zero-order chi connectivity index (χ0) is 21.4. The van der Waals surface area contributed by atoms with E-state index in [1.807, 2.05) is 0 Å². The van der Waals surface area contributed by atoms with E-state index in [1.165, 1.54) is 6.42 Å². The minimum atomic E-state index is -1.81. The van der Waals surface area contributed by atoms with Crippen LogP contribution in [-0.4, -0.2) is 32.9 Å². The van der Waals surface area contributed by atoms with Crippen LogP contribution in [0.4, 0.5) is 0 Å². The molecule has 3 saturated carbocycles. The standard InChI is InChI=1S/C25H39NO3Si/c1-22-12-13-25(27-14-15-28-25)16-18(22)6-7-19-20(22)8-10-23(2)21(19)9-11-24(23,17-26)29-30(3,4)5/h6,19-21H,7-16H2,1-5H3/t19-,20+,21+,22-,23-,24+/m0/s1. The predicted molar refractivity (Wildman–Crippen MR) is 119 cm³/mol. The number of ether oxygens (including phenoxy) is 2. The molecule has 4 nitrogen and oxygen atoms in total. The van der Waals surface area contributed by atoms with Crippen molar-refractivity contribution in [2.24, 2.45) is 28.6 Å². The number of allylic oxidation sites excluding steroid dienone is 1. The number of nitriles is 1. The van der Waals surface area contributed by atoms with Gasteiger partial charge in [-0.1, -0.05) is 25.5 Å². The molecule has 0 unspecified atom stereocenters. The number of nitrogens with zero attached hydrogens (tertiary/aromatic N) is 1. The van der Waals surface area contributed by atoms with Gasteiger partial charge in [0.1, 0.15) is 5.60 Å². The molecule has 4 aliphatic carbocycles. The molecule has 6 atom stereocenters. The molecular weight excluding hydrogens is 390 g/mol. The Morgan fingerprint density at radius 3 is 2.40 bits per heavy atom. The van der Waals surface area contributed by atoms with E-state index >= 15 is 0 Å². The average Bonchev–Trinajstić information content (AvgIpc) is 3.24. The van der Waals surface area contributed by atoms with E-state index in [9.17, 15) is 5.26 Å². The summed E-state index contributed by atoms with van der Waals surface area (Å²) in [7, 11) is -1.81. The Bertz CT molecular complexity index is 791. The highest BCUT2D eigenvalue weighted by Crippen LogP contribution is 2.68. The molecule has 0 aromatic carbocycles. The summed E-state index contributed by atoms with van der Waals surface area (Å²) >= 11 is 0. The van der Waals surface area contributed by atoms with Crippen LogP contribution in [0.25, 0.3) is 0 Å². The summed E-state index contributed by atoms with van der Waals surface area (Å²) in [6.07, 6.45) is 11.2. The second kappa shape index (κ2) is 6.67. The third kappa shape index (κ3) is 2.86. The van der Waals surface area contributed by atoms with Crippen molar-refractivity contribution in [2.45, 2.75) is 96.2 Å². The third-order valence-electron chi connectivity index (χ3n) is 9.70. The van der Waals surface area contributed by atoms with E-state index in [1.54, 1.807) is 5.57 Å². The van der Waals surface area contributed by atoms with Crippen molar-refractivity contribution in [1.29, 1.82) is 5.26 Å². The molecule has 1 aliphatic heterocycles. The number of fused-ring (bicyclic) bond motifs is 5. The molecule has 4 fully saturated rings. The number of hydrogen-bond donors (Lipinski definition) is 0. The van der Waals surface area contributed by atoms with Gasteiger partial charge in [0.05, 0.1) is 19.3 Å². The smallest absolute Gasteiger partial charge is 0.185 e. The Hall–Kier alpha value is -0.673. The molecule has 0 N–H and O–H groups in total. The van der Waals surface area contributed by atoms with Crippen LogP contribution in [0.1, 0.15) is 65.2 Å². The summed E-state index contributed by atoms with van der Waals surface area (Å²) in [4.78, 5) is 0. The molecule has 1 spiro atoms. The minimum Gasteiger partial charge on any atom is -0.399 e. The van der Waals surface area contributed by atoms with Crippen molar-refractivity contribution < 1.29 is 13.9 Å². The molecular formula is C25H39NO3Si. The molecule has 30 heavy (non-hydrogen) atoms. The molecule has 0 aromatic heterocycles. The van der Waals surface area contributed by atoms with Gasteiger partial charge in [-0.05, 0) is 81.3 Å². The predicted octanol–water partition coefficient (Wildman–Crippen LogP) is 5.81. The highest BCUT2D eigenvalue weighted by atomic mass is 28.4. The van der Waals surface area contributed by atoms with Crippen LogP contribution in [0, 0.1) is 39.9 Å². The van der Waals surface area contributed by atoms with Crippen LogP contribution >= 0.6 is 0 Å². The van der Waals surface area contributed by atoms with Crippen LogP contribution in [0.2, 0.25) is 19.6 Å².